The number of hydrogen-bond acceptors (Lipinski definition) is 8. The van der Waals surface area contributed by atoms with Crippen molar-refractivity contribution in [1.82, 2.24) is 26.6 Å². The van der Waals surface area contributed by atoms with Gasteiger partial charge in [-0.2, -0.15) is 0 Å². The smallest absolute Gasteiger partial charge is 0.251 e. The predicted molar refractivity (Wildman–Crippen MR) is 198 cm³/mol. The number of aliphatic hydroxyl groups is 1. The summed E-state index contributed by atoms with van der Waals surface area (Å²) in [4.78, 5) is 53.1. The first-order valence-electron chi connectivity index (χ1n) is 16.7. The molecule has 0 radical (unpaired) electrons. The van der Waals surface area contributed by atoms with Crippen molar-refractivity contribution in [2.24, 2.45) is 5.92 Å². The van der Waals surface area contributed by atoms with Crippen molar-refractivity contribution >= 4 is 39.3 Å². The molecular weight excluding hydrogens is 673 g/mol. The fraction of sp³-hybridized carbons (Fsp3) is 0.405. The van der Waals surface area contributed by atoms with Crippen LogP contribution in [0.4, 0.5) is 5.69 Å². The molecule has 276 valence electrons. The summed E-state index contributed by atoms with van der Waals surface area (Å²) in [6, 6.07) is 19.9. The molecule has 0 unspecified atom stereocenters. The van der Waals surface area contributed by atoms with E-state index in [9.17, 15) is 32.7 Å². The number of rotatable bonds is 17. The third-order valence-electron chi connectivity index (χ3n) is 8.45. The summed E-state index contributed by atoms with van der Waals surface area (Å²) >= 11 is 0. The minimum Gasteiger partial charge on any atom is -0.391 e. The Labute approximate surface area is 300 Å². The molecule has 5 atom stereocenters. The zero-order chi connectivity index (χ0) is 37.9. The molecule has 0 aliphatic rings. The zero-order valence-corrected chi connectivity index (χ0v) is 31.0. The van der Waals surface area contributed by atoms with E-state index in [-0.39, 0.29) is 41.2 Å². The number of hydrogen-bond donors (Lipinski definition) is 6. The standard InChI is InChI=1S/C37H50N6O7S/c1-23(2)32(36(47)38-5)42-37(48)33(25(4)44)39-22-30(18-26-14-10-8-11-15-26)41-35(46)29-19-28(20-31(21-29)43(6)51(7,49)50)34(45)40-24(3)27-16-12-9-13-17-27/h8-17,19-21,23-25,30,32-33,39,44H,18,22H2,1-7H3,(H,38,47)(H,40,45)(H,41,46)(H,42,48)/t24-,25+,30+,32+,33+/m1/s1. The maximum Gasteiger partial charge on any atom is 0.251 e. The molecular formula is C37H50N6O7S. The zero-order valence-electron chi connectivity index (χ0n) is 30.1. The first-order valence-corrected chi connectivity index (χ1v) is 18.6. The highest BCUT2D eigenvalue weighted by atomic mass is 32.2. The topological polar surface area (TPSA) is 186 Å². The third kappa shape index (κ3) is 11.9. The molecule has 3 aromatic carbocycles. The molecule has 0 aliphatic carbocycles. The van der Waals surface area contributed by atoms with Gasteiger partial charge >= 0.3 is 0 Å². The van der Waals surface area contributed by atoms with E-state index in [0.717, 1.165) is 21.7 Å². The lowest BCUT2D eigenvalue weighted by Crippen LogP contribution is -2.58. The van der Waals surface area contributed by atoms with Gasteiger partial charge < -0.3 is 31.7 Å². The Kier molecular flexibility index (Phi) is 14.7. The van der Waals surface area contributed by atoms with Crippen LogP contribution in [0.2, 0.25) is 0 Å². The maximum absolute atomic E-state index is 13.9. The van der Waals surface area contributed by atoms with E-state index in [2.05, 4.69) is 26.6 Å². The Hall–Kier alpha value is -4.79. The van der Waals surface area contributed by atoms with Crippen molar-refractivity contribution in [2.45, 2.75) is 64.4 Å². The molecule has 14 heteroatoms. The summed E-state index contributed by atoms with van der Waals surface area (Å²) in [5, 5.41) is 24.7. The monoisotopic (exact) mass is 722 g/mol. The van der Waals surface area contributed by atoms with Gasteiger partial charge in [0.15, 0.2) is 0 Å². The number of likely N-dealkylation sites (N-methyl/N-ethyl adjacent to an activating group) is 1. The van der Waals surface area contributed by atoms with Gasteiger partial charge in [-0.25, -0.2) is 8.42 Å². The number of carbonyl (C=O) groups excluding carboxylic acids is 4. The van der Waals surface area contributed by atoms with Gasteiger partial charge in [-0.1, -0.05) is 74.5 Å². The van der Waals surface area contributed by atoms with Crippen molar-refractivity contribution in [3.8, 4) is 0 Å². The van der Waals surface area contributed by atoms with Gasteiger partial charge in [0, 0.05) is 37.8 Å². The van der Waals surface area contributed by atoms with Crippen LogP contribution in [0.5, 0.6) is 0 Å². The number of aliphatic hydroxyl groups excluding tert-OH is 1. The molecule has 13 nitrogen and oxygen atoms in total. The normalized spacial score (nSPS) is 14.4. The van der Waals surface area contributed by atoms with Crippen LogP contribution < -0.4 is 30.9 Å². The molecule has 0 aliphatic heterocycles. The summed E-state index contributed by atoms with van der Waals surface area (Å²) in [6.45, 7) is 6.87. The predicted octanol–water partition coefficient (Wildman–Crippen LogP) is 2.14. The van der Waals surface area contributed by atoms with Gasteiger partial charge in [-0.05, 0) is 55.5 Å². The average molecular weight is 723 g/mol. The van der Waals surface area contributed by atoms with Crippen molar-refractivity contribution in [3.05, 3.63) is 101 Å². The molecule has 51 heavy (non-hydrogen) atoms. The van der Waals surface area contributed by atoms with Crippen LogP contribution in [0.15, 0.2) is 78.9 Å². The Balaban J connectivity index is 1.92. The number of anilines is 1. The molecule has 0 saturated carbocycles. The first kappa shape index (κ1) is 40.6. The van der Waals surface area contributed by atoms with Gasteiger partial charge in [0.25, 0.3) is 11.8 Å². The minimum absolute atomic E-state index is 0.0286. The molecule has 0 fully saturated rings. The van der Waals surface area contributed by atoms with E-state index in [4.69, 9.17) is 0 Å². The third-order valence-corrected chi connectivity index (χ3v) is 9.66. The molecule has 0 saturated heterocycles. The molecule has 0 bridgehead atoms. The van der Waals surface area contributed by atoms with Crippen molar-refractivity contribution in [1.29, 1.82) is 0 Å². The Morgan fingerprint density at radius 3 is 1.82 bits per heavy atom. The second kappa shape index (κ2) is 18.4. The summed E-state index contributed by atoms with van der Waals surface area (Å²) in [5.74, 6) is -2.28. The molecule has 3 aromatic rings. The minimum atomic E-state index is -3.75. The van der Waals surface area contributed by atoms with E-state index in [0.29, 0.717) is 6.42 Å². The molecule has 3 rings (SSSR count). The quantitative estimate of drug-likeness (QED) is 0.122. The van der Waals surface area contributed by atoms with Crippen molar-refractivity contribution < 1.29 is 32.7 Å². The van der Waals surface area contributed by atoms with Crippen LogP contribution in [0, 0.1) is 5.92 Å². The lowest BCUT2D eigenvalue weighted by atomic mass is 10.0. The van der Waals surface area contributed by atoms with Gasteiger partial charge in [0.1, 0.15) is 12.1 Å². The number of nitrogens with one attached hydrogen (secondary N) is 5. The highest BCUT2D eigenvalue weighted by Gasteiger charge is 2.30. The van der Waals surface area contributed by atoms with Crippen molar-refractivity contribution in [3.63, 3.8) is 0 Å². The molecule has 0 spiro atoms. The summed E-state index contributed by atoms with van der Waals surface area (Å²) in [7, 11) is -0.949. The van der Waals surface area contributed by atoms with Gasteiger partial charge in [-0.15, -0.1) is 0 Å². The fourth-order valence-electron chi connectivity index (χ4n) is 5.38. The molecule has 6 N–H and O–H groups in total. The summed E-state index contributed by atoms with van der Waals surface area (Å²) < 4.78 is 26.0. The van der Waals surface area contributed by atoms with E-state index in [1.807, 2.05) is 67.6 Å². The lowest BCUT2D eigenvalue weighted by Gasteiger charge is -2.28. The second-order valence-electron chi connectivity index (χ2n) is 12.9. The first-order chi connectivity index (χ1) is 24.0. The number of benzene rings is 3. The fourth-order valence-corrected chi connectivity index (χ4v) is 5.87. The SMILES string of the molecule is CNC(=O)[C@@H](NC(=O)[C@@H](NC[C@H](Cc1ccccc1)NC(=O)c1cc(C(=O)N[C@H](C)c2ccccc2)cc(N(C)S(C)(=O)=O)c1)[C@H](C)O)C(C)C. The highest BCUT2D eigenvalue weighted by molar-refractivity contribution is 7.92. The molecule has 0 aromatic heterocycles. The second-order valence-corrected chi connectivity index (χ2v) is 14.9. The van der Waals surface area contributed by atoms with E-state index >= 15 is 0 Å². The van der Waals surface area contributed by atoms with Crippen LogP contribution in [-0.4, -0.2) is 88.3 Å². The van der Waals surface area contributed by atoms with Gasteiger partial charge in [0.05, 0.1) is 24.1 Å². The van der Waals surface area contributed by atoms with Crippen LogP contribution in [0.25, 0.3) is 0 Å². The largest absolute Gasteiger partial charge is 0.391 e. The average Bonchev–Trinajstić information content (AvgIpc) is 3.09. The van der Waals surface area contributed by atoms with Crippen molar-refractivity contribution in [2.75, 3.05) is 31.2 Å². The summed E-state index contributed by atoms with van der Waals surface area (Å²) in [6.07, 6.45) is 0.189. The van der Waals surface area contributed by atoms with Gasteiger partial charge in [-0.3, -0.25) is 23.5 Å². The number of sulfonamides is 1. The molecule has 4 amide bonds. The van der Waals surface area contributed by atoms with E-state index in [1.165, 1.54) is 39.2 Å². The van der Waals surface area contributed by atoms with Crippen LogP contribution in [0.1, 0.15) is 65.6 Å². The maximum atomic E-state index is 13.9. The Morgan fingerprint density at radius 1 is 0.765 bits per heavy atom. The number of carbonyl (C=O) groups is 4. The lowest BCUT2D eigenvalue weighted by molar-refractivity contribution is -0.132. The van der Waals surface area contributed by atoms with Crippen LogP contribution in [-0.2, 0) is 26.0 Å². The van der Waals surface area contributed by atoms with Crippen LogP contribution in [0.3, 0.4) is 0 Å². The molecule has 0 heterocycles. The Bertz CT molecular complexity index is 1750. The number of nitrogens with zero attached hydrogens (tertiary/aromatic N) is 1. The van der Waals surface area contributed by atoms with E-state index in [1.54, 1.807) is 13.8 Å². The highest BCUT2D eigenvalue weighted by Crippen LogP contribution is 2.22. The van der Waals surface area contributed by atoms with Gasteiger partial charge in [0.2, 0.25) is 21.8 Å². The Morgan fingerprint density at radius 2 is 1.31 bits per heavy atom. The number of amides is 4. The van der Waals surface area contributed by atoms with E-state index < -0.39 is 52.0 Å². The van der Waals surface area contributed by atoms with Crippen LogP contribution >= 0.6 is 0 Å². The summed E-state index contributed by atoms with van der Waals surface area (Å²) in [5.41, 5.74) is 1.97.